The summed E-state index contributed by atoms with van der Waals surface area (Å²) < 4.78 is 26.9. The minimum Gasteiger partial charge on any atom is -0.480 e. The zero-order chi connectivity index (χ0) is 17.9. The summed E-state index contributed by atoms with van der Waals surface area (Å²) in [6, 6.07) is 2.43. The van der Waals surface area contributed by atoms with Crippen molar-refractivity contribution in [1.82, 2.24) is 14.7 Å². The van der Waals surface area contributed by atoms with E-state index in [1.54, 1.807) is 6.26 Å². The number of benzene rings is 1. The van der Waals surface area contributed by atoms with Gasteiger partial charge in [-0.3, -0.25) is 14.4 Å². The van der Waals surface area contributed by atoms with Gasteiger partial charge in [-0.05, 0) is 36.6 Å². The molecule has 0 bridgehead atoms. The molecular weight excluding hydrogens is 358 g/mol. The first-order valence-corrected chi connectivity index (χ1v) is 9.63. The lowest BCUT2D eigenvalue weighted by Crippen LogP contribution is -2.41. The number of aromatic nitrogens is 2. The Bertz CT molecular complexity index is 979. The maximum Gasteiger partial charge on any atom is 0.321 e. The van der Waals surface area contributed by atoms with Crippen molar-refractivity contribution in [3.05, 3.63) is 38.9 Å². The van der Waals surface area contributed by atoms with Gasteiger partial charge in [0.2, 0.25) is 10.0 Å². The number of carbonyl (C=O) groups is 1. The summed E-state index contributed by atoms with van der Waals surface area (Å²) in [5, 5.41) is 9.13. The third-order valence-electron chi connectivity index (χ3n) is 3.21. The van der Waals surface area contributed by atoms with Crippen molar-refractivity contribution in [2.24, 2.45) is 0 Å². The van der Waals surface area contributed by atoms with Crippen molar-refractivity contribution in [3.8, 4) is 0 Å². The normalized spacial score (nSPS) is 13.0. The first-order chi connectivity index (χ1) is 11.2. The number of carboxylic acids is 1. The number of hydrogen-bond acceptors (Lipinski definition) is 6. The van der Waals surface area contributed by atoms with Crippen LogP contribution in [0.25, 0.3) is 11.0 Å². The van der Waals surface area contributed by atoms with Gasteiger partial charge in [-0.1, -0.05) is 0 Å². The Kier molecular flexibility index (Phi) is 5.47. The van der Waals surface area contributed by atoms with Crippen LogP contribution in [-0.2, 0) is 14.8 Å². The van der Waals surface area contributed by atoms with Gasteiger partial charge in [-0.2, -0.15) is 16.5 Å². The SMILES string of the molecule is CSCC[C@H](NS(=O)(=O)c1ccc2[nH]c(=O)c(=O)[nH]c2c1)C(=O)O. The highest BCUT2D eigenvalue weighted by molar-refractivity contribution is 7.98. The van der Waals surface area contributed by atoms with Gasteiger partial charge < -0.3 is 15.1 Å². The minimum absolute atomic E-state index is 0.124. The number of sulfonamides is 1. The molecule has 2 aromatic rings. The van der Waals surface area contributed by atoms with E-state index in [1.165, 1.54) is 23.9 Å². The highest BCUT2D eigenvalue weighted by Gasteiger charge is 2.25. The number of hydrogen-bond donors (Lipinski definition) is 4. The van der Waals surface area contributed by atoms with Crippen molar-refractivity contribution in [1.29, 1.82) is 0 Å². The Morgan fingerprint density at radius 2 is 1.88 bits per heavy atom. The highest BCUT2D eigenvalue weighted by atomic mass is 32.2. The summed E-state index contributed by atoms with van der Waals surface area (Å²) in [5.74, 6) is -0.794. The van der Waals surface area contributed by atoms with E-state index in [0.29, 0.717) is 5.75 Å². The Hall–Kier alpha value is -2.11. The molecule has 0 saturated carbocycles. The van der Waals surface area contributed by atoms with E-state index in [9.17, 15) is 22.8 Å². The molecule has 9 nitrogen and oxygen atoms in total. The molecule has 0 unspecified atom stereocenters. The number of fused-ring (bicyclic) bond motifs is 1. The van der Waals surface area contributed by atoms with Gasteiger partial charge in [0, 0.05) is 0 Å². The van der Waals surface area contributed by atoms with Crippen molar-refractivity contribution in [2.45, 2.75) is 17.4 Å². The quantitative estimate of drug-likeness (QED) is 0.487. The van der Waals surface area contributed by atoms with Gasteiger partial charge in [0.1, 0.15) is 6.04 Å². The number of nitrogens with one attached hydrogen (secondary N) is 3. The zero-order valence-corrected chi connectivity index (χ0v) is 14.2. The van der Waals surface area contributed by atoms with Crippen molar-refractivity contribution >= 4 is 38.8 Å². The number of aromatic amines is 2. The number of aliphatic carboxylic acids is 1. The molecule has 0 aliphatic rings. The van der Waals surface area contributed by atoms with E-state index < -0.39 is 33.2 Å². The van der Waals surface area contributed by atoms with Crippen LogP contribution in [0.1, 0.15) is 6.42 Å². The standard InChI is InChI=1S/C13H15N3O6S2/c1-23-5-4-9(13(19)20)16-24(21,22)7-2-3-8-10(6-7)15-12(18)11(17)14-8/h2-3,6,9,16H,4-5H2,1H3,(H,14,17)(H,15,18)(H,19,20)/t9-/m0/s1. The molecule has 0 amide bonds. The molecule has 24 heavy (non-hydrogen) atoms. The number of carboxylic acid groups (broad SMARTS) is 1. The van der Waals surface area contributed by atoms with E-state index in [4.69, 9.17) is 5.11 Å². The van der Waals surface area contributed by atoms with Crippen molar-refractivity contribution in [2.75, 3.05) is 12.0 Å². The Morgan fingerprint density at radius 3 is 2.46 bits per heavy atom. The second-order valence-electron chi connectivity index (χ2n) is 4.91. The predicted octanol–water partition coefficient (Wildman–Crippen LogP) is -0.299. The average molecular weight is 373 g/mol. The summed E-state index contributed by atoms with van der Waals surface area (Å²) in [7, 11) is -4.10. The highest BCUT2D eigenvalue weighted by Crippen LogP contribution is 2.15. The van der Waals surface area contributed by atoms with Gasteiger partial charge in [0.15, 0.2) is 0 Å². The van der Waals surface area contributed by atoms with Gasteiger partial charge in [-0.25, -0.2) is 8.42 Å². The molecule has 11 heteroatoms. The molecule has 0 radical (unpaired) electrons. The summed E-state index contributed by atoms with van der Waals surface area (Å²) in [4.78, 5) is 38.1. The topological polar surface area (TPSA) is 149 Å². The molecule has 1 atom stereocenters. The first-order valence-electron chi connectivity index (χ1n) is 6.75. The first kappa shape index (κ1) is 18.2. The van der Waals surface area contributed by atoms with Crippen LogP contribution in [0.5, 0.6) is 0 Å². The van der Waals surface area contributed by atoms with E-state index >= 15 is 0 Å². The molecule has 0 aliphatic heterocycles. The minimum atomic E-state index is -4.10. The third kappa shape index (κ3) is 4.04. The van der Waals surface area contributed by atoms with Gasteiger partial charge in [0.05, 0.1) is 15.9 Å². The lowest BCUT2D eigenvalue weighted by molar-refractivity contribution is -0.139. The number of H-pyrrole nitrogens is 2. The molecular formula is C13H15N3O6S2. The summed E-state index contributed by atoms with van der Waals surface area (Å²) in [5.41, 5.74) is -1.37. The van der Waals surface area contributed by atoms with Crippen LogP contribution in [0.3, 0.4) is 0 Å². The molecule has 0 spiro atoms. The van der Waals surface area contributed by atoms with Crippen molar-refractivity contribution in [3.63, 3.8) is 0 Å². The van der Waals surface area contributed by atoms with Crippen LogP contribution < -0.4 is 15.8 Å². The van der Waals surface area contributed by atoms with Crippen LogP contribution in [0.15, 0.2) is 32.7 Å². The van der Waals surface area contributed by atoms with Crippen LogP contribution in [-0.4, -0.2) is 47.5 Å². The lowest BCUT2D eigenvalue weighted by atomic mass is 10.2. The molecule has 2 rings (SSSR count). The molecule has 4 N–H and O–H groups in total. The fraction of sp³-hybridized carbons (Fsp3) is 0.308. The number of thioether (sulfide) groups is 1. The predicted molar refractivity (Wildman–Crippen MR) is 89.9 cm³/mol. The molecule has 130 valence electrons. The van der Waals surface area contributed by atoms with Crippen LogP contribution >= 0.6 is 11.8 Å². The monoisotopic (exact) mass is 373 g/mol. The molecule has 0 saturated heterocycles. The van der Waals surface area contributed by atoms with Crippen LogP contribution in [0.2, 0.25) is 0 Å². The van der Waals surface area contributed by atoms with E-state index in [2.05, 4.69) is 14.7 Å². The van der Waals surface area contributed by atoms with Crippen molar-refractivity contribution < 1.29 is 18.3 Å². The Balaban J connectivity index is 2.39. The van der Waals surface area contributed by atoms with Gasteiger partial charge in [0.25, 0.3) is 0 Å². The second kappa shape index (κ2) is 7.20. The fourth-order valence-electron chi connectivity index (χ4n) is 1.98. The Labute approximate surface area is 140 Å². The average Bonchev–Trinajstić information content (AvgIpc) is 2.51. The van der Waals surface area contributed by atoms with E-state index in [1.807, 2.05) is 0 Å². The molecule has 1 aromatic heterocycles. The maximum atomic E-state index is 12.4. The van der Waals surface area contributed by atoms with E-state index in [0.717, 1.165) is 6.07 Å². The van der Waals surface area contributed by atoms with Crippen LogP contribution in [0.4, 0.5) is 0 Å². The molecule has 1 aromatic carbocycles. The smallest absolute Gasteiger partial charge is 0.321 e. The van der Waals surface area contributed by atoms with Crippen LogP contribution in [0, 0.1) is 0 Å². The van der Waals surface area contributed by atoms with Gasteiger partial charge in [-0.15, -0.1) is 0 Å². The summed E-state index contributed by atoms with van der Waals surface area (Å²) >= 11 is 1.40. The fourth-order valence-corrected chi connectivity index (χ4v) is 3.71. The largest absolute Gasteiger partial charge is 0.480 e. The Morgan fingerprint density at radius 1 is 1.25 bits per heavy atom. The molecule has 0 fully saturated rings. The molecule has 1 heterocycles. The lowest BCUT2D eigenvalue weighted by Gasteiger charge is -2.14. The second-order valence-corrected chi connectivity index (χ2v) is 7.61. The molecule has 0 aliphatic carbocycles. The van der Waals surface area contributed by atoms with E-state index in [-0.39, 0.29) is 22.3 Å². The van der Waals surface area contributed by atoms with Gasteiger partial charge >= 0.3 is 17.1 Å². The zero-order valence-electron chi connectivity index (χ0n) is 12.5. The number of rotatable bonds is 7. The third-order valence-corrected chi connectivity index (χ3v) is 5.32. The maximum absolute atomic E-state index is 12.4. The summed E-state index contributed by atoms with van der Waals surface area (Å²) in [6.45, 7) is 0. The summed E-state index contributed by atoms with van der Waals surface area (Å²) in [6.07, 6.45) is 1.92.